The van der Waals surface area contributed by atoms with Gasteiger partial charge in [0, 0.05) is 25.3 Å². The highest BCUT2D eigenvalue weighted by Gasteiger charge is 1.99. The van der Waals surface area contributed by atoms with Gasteiger partial charge >= 0.3 is 0 Å². The standard InChI is InChI=1S/C7H11N3O2/c1-12-3-2-5-4-9-7(8)10-6(5)11/h4H,2-3H2,1H3,(H3,8,9,10,11). The van der Waals surface area contributed by atoms with Crippen LogP contribution in [-0.2, 0) is 11.2 Å². The number of hydrogen-bond acceptors (Lipinski definition) is 4. The van der Waals surface area contributed by atoms with Gasteiger partial charge in [0.1, 0.15) is 0 Å². The minimum atomic E-state index is -0.195. The van der Waals surface area contributed by atoms with E-state index >= 15 is 0 Å². The number of nitrogens with zero attached hydrogens (tertiary/aromatic N) is 1. The van der Waals surface area contributed by atoms with Crippen molar-refractivity contribution in [2.24, 2.45) is 0 Å². The molecule has 0 bridgehead atoms. The van der Waals surface area contributed by atoms with E-state index in [4.69, 9.17) is 10.5 Å². The van der Waals surface area contributed by atoms with Crippen molar-refractivity contribution < 1.29 is 4.74 Å². The molecule has 1 rings (SSSR count). The van der Waals surface area contributed by atoms with Crippen LogP contribution < -0.4 is 11.3 Å². The van der Waals surface area contributed by atoms with E-state index in [-0.39, 0.29) is 11.5 Å². The highest BCUT2D eigenvalue weighted by Crippen LogP contribution is 1.91. The smallest absolute Gasteiger partial charge is 0.255 e. The average Bonchev–Trinajstić information content (AvgIpc) is 2.03. The van der Waals surface area contributed by atoms with Crippen LogP contribution in [0.1, 0.15) is 5.56 Å². The van der Waals surface area contributed by atoms with Crippen molar-refractivity contribution in [1.82, 2.24) is 9.97 Å². The van der Waals surface area contributed by atoms with Crippen molar-refractivity contribution in [1.29, 1.82) is 0 Å². The van der Waals surface area contributed by atoms with Crippen LogP contribution in [0.3, 0.4) is 0 Å². The quantitative estimate of drug-likeness (QED) is 0.641. The van der Waals surface area contributed by atoms with E-state index in [1.807, 2.05) is 0 Å². The fourth-order valence-electron chi connectivity index (χ4n) is 0.825. The largest absolute Gasteiger partial charge is 0.384 e. The summed E-state index contributed by atoms with van der Waals surface area (Å²) < 4.78 is 4.82. The fraction of sp³-hybridized carbons (Fsp3) is 0.429. The predicted molar refractivity (Wildman–Crippen MR) is 44.9 cm³/mol. The first-order chi connectivity index (χ1) is 5.74. The molecule has 0 unspecified atom stereocenters. The van der Waals surface area contributed by atoms with Crippen LogP contribution in [-0.4, -0.2) is 23.7 Å². The molecule has 0 aliphatic rings. The van der Waals surface area contributed by atoms with Gasteiger partial charge in [0.05, 0.1) is 6.61 Å². The zero-order chi connectivity index (χ0) is 8.97. The van der Waals surface area contributed by atoms with Gasteiger partial charge in [-0.1, -0.05) is 0 Å². The van der Waals surface area contributed by atoms with Crippen LogP contribution in [0.25, 0.3) is 0 Å². The summed E-state index contributed by atoms with van der Waals surface area (Å²) in [6, 6.07) is 0. The van der Waals surface area contributed by atoms with E-state index in [1.54, 1.807) is 7.11 Å². The number of ether oxygens (including phenoxy) is 1. The maximum atomic E-state index is 11.1. The highest BCUT2D eigenvalue weighted by molar-refractivity contribution is 5.17. The molecular weight excluding hydrogens is 158 g/mol. The van der Waals surface area contributed by atoms with Crippen LogP contribution in [0.4, 0.5) is 5.95 Å². The number of nitrogens with two attached hydrogens (primary N) is 1. The third-order valence-corrected chi connectivity index (χ3v) is 1.47. The Morgan fingerprint density at radius 3 is 3.08 bits per heavy atom. The highest BCUT2D eigenvalue weighted by atomic mass is 16.5. The van der Waals surface area contributed by atoms with Gasteiger partial charge < -0.3 is 10.5 Å². The summed E-state index contributed by atoms with van der Waals surface area (Å²) in [6.45, 7) is 0.509. The molecule has 0 atom stereocenters. The lowest BCUT2D eigenvalue weighted by Gasteiger charge is -1.98. The Balaban J connectivity index is 2.80. The zero-order valence-corrected chi connectivity index (χ0v) is 6.83. The van der Waals surface area contributed by atoms with E-state index in [1.165, 1.54) is 6.20 Å². The molecule has 0 saturated heterocycles. The van der Waals surface area contributed by atoms with Gasteiger partial charge in [0.25, 0.3) is 5.56 Å². The molecule has 0 radical (unpaired) electrons. The van der Waals surface area contributed by atoms with Gasteiger partial charge in [-0.3, -0.25) is 9.78 Å². The van der Waals surface area contributed by atoms with Gasteiger partial charge in [0.2, 0.25) is 0 Å². The van der Waals surface area contributed by atoms with E-state index in [9.17, 15) is 4.79 Å². The van der Waals surface area contributed by atoms with Gasteiger partial charge in [-0.05, 0) is 0 Å². The second kappa shape index (κ2) is 3.87. The van der Waals surface area contributed by atoms with Crippen molar-refractivity contribution in [2.45, 2.75) is 6.42 Å². The molecule has 0 amide bonds. The Hall–Kier alpha value is -1.36. The summed E-state index contributed by atoms with van der Waals surface area (Å²) in [5, 5.41) is 0. The van der Waals surface area contributed by atoms with Crippen molar-refractivity contribution in [2.75, 3.05) is 19.5 Å². The maximum absolute atomic E-state index is 11.1. The Kier molecular flexibility index (Phi) is 2.82. The topological polar surface area (TPSA) is 81.0 Å². The molecule has 5 nitrogen and oxygen atoms in total. The first-order valence-electron chi connectivity index (χ1n) is 3.56. The Labute approximate surface area is 69.6 Å². The monoisotopic (exact) mass is 169 g/mol. The van der Waals surface area contributed by atoms with Crippen molar-refractivity contribution in [3.63, 3.8) is 0 Å². The molecule has 0 saturated carbocycles. The van der Waals surface area contributed by atoms with Gasteiger partial charge in [0.15, 0.2) is 5.95 Å². The minimum Gasteiger partial charge on any atom is -0.384 e. The number of rotatable bonds is 3. The summed E-state index contributed by atoms with van der Waals surface area (Å²) >= 11 is 0. The number of anilines is 1. The zero-order valence-electron chi connectivity index (χ0n) is 6.83. The van der Waals surface area contributed by atoms with Gasteiger partial charge in [-0.25, -0.2) is 4.98 Å². The van der Waals surface area contributed by atoms with Crippen LogP contribution >= 0.6 is 0 Å². The second-order valence-corrected chi connectivity index (χ2v) is 2.37. The number of nitrogen functional groups attached to an aromatic ring is 1. The minimum absolute atomic E-state index is 0.140. The molecule has 1 heterocycles. The van der Waals surface area contributed by atoms with Crippen LogP contribution in [0.5, 0.6) is 0 Å². The predicted octanol–water partition coefficient (Wildman–Crippen LogP) is -0.459. The molecule has 3 N–H and O–H groups in total. The molecule has 12 heavy (non-hydrogen) atoms. The lowest BCUT2D eigenvalue weighted by molar-refractivity contribution is 0.202. The van der Waals surface area contributed by atoms with E-state index in [0.29, 0.717) is 18.6 Å². The van der Waals surface area contributed by atoms with Gasteiger partial charge in [-0.2, -0.15) is 0 Å². The number of hydrogen-bond donors (Lipinski definition) is 2. The summed E-state index contributed by atoms with van der Waals surface area (Å²) in [5.41, 5.74) is 5.65. The first kappa shape index (κ1) is 8.73. The molecule has 66 valence electrons. The van der Waals surface area contributed by atoms with Gasteiger partial charge in [-0.15, -0.1) is 0 Å². The molecule has 0 fully saturated rings. The van der Waals surface area contributed by atoms with E-state index in [0.717, 1.165) is 0 Å². The van der Waals surface area contributed by atoms with Crippen LogP contribution in [0.15, 0.2) is 11.0 Å². The molecule has 1 aromatic rings. The fourth-order valence-corrected chi connectivity index (χ4v) is 0.825. The summed E-state index contributed by atoms with van der Waals surface area (Å²) in [7, 11) is 1.58. The maximum Gasteiger partial charge on any atom is 0.255 e. The number of aromatic amines is 1. The van der Waals surface area contributed by atoms with Crippen molar-refractivity contribution in [3.8, 4) is 0 Å². The number of aromatic nitrogens is 2. The molecule has 1 aromatic heterocycles. The third kappa shape index (κ3) is 2.06. The SMILES string of the molecule is COCCc1cnc(N)[nH]c1=O. The van der Waals surface area contributed by atoms with Crippen LogP contribution in [0, 0.1) is 0 Å². The number of methoxy groups -OCH3 is 1. The lowest BCUT2D eigenvalue weighted by Crippen LogP contribution is -2.16. The Bertz CT molecular complexity index is 308. The van der Waals surface area contributed by atoms with Crippen molar-refractivity contribution in [3.05, 3.63) is 22.1 Å². The third-order valence-electron chi connectivity index (χ3n) is 1.47. The first-order valence-corrected chi connectivity index (χ1v) is 3.56. The molecular formula is C7H11N3O2. The molecule has 0 spiro atoms. The van der Waals surface area contributed by atoms with E-state index < -0.39 is 0 Å². The summed E-state index contributed by atoms with van der Waals surface area (Å²) in [5.74, 6) is 0.140. The summed E-state index contributed by atoms with van der Waals surface area (Å²) in [6.07, 6.45) is 2.02. The van der Waals surface area contributed by atoms with Crippen molar-refractivity contribution >= 4 is 5.95 Å². The van der Waals surface area contributed by atoms with Crippen LogP contribution in [0.2, 0.25) is 0 Å². The molecule has 5 heteroatoms. The second-order valence-electron chi connectivity index (χ2n) is 2.37. The Morgan fingerprint density at radius 2 is 2.50 bits per heavy atom. The number of H-pyrrole nitrogens is 1. The molecule has 0 aromatic carbocycles. The lowest BCUT2D eigenvalue weighted by atomic mass is 10.2. The molecule has 0 aliphatic carbocycles. The van der Waals surface area contributed by atoms with E-state index in [2.05, 4.69) is 9.97 Å². The Morgan fingerprint density at radius 1 is 1.75 bits per heavy atom. The normalized spacial score (nSPS) is 10.1. The average molecular weight is 169 g/mol. The summed E-state index contributed by atoms with van der Waals surface area (Å²) in [4.78, 5) is 17.3. The molecule has 0 aliphatic heterocycles. The number of nitrogens with one attached hydrogen (secondary N) is 1.